The molecule has 19 heavy (non-hydrogen) atoms. The molecule has 0 spiro atoms. The molecule has 4 nitrogen and oxygen atoms in total. The van der Waals surface area contributed by atoms with E-state index in [1.807, 2.05) is 0 Å². The number of hydrogen-bond acceptors (Lipinski definition) is 3. The number of nitrogens with one attached hydrogen (secondary N) is 1. The molecule has 2 aromatic rings. The summed E-state index contributed by atoms with van der Waals surface area (Å²) in [4.78, 5) is 15.6. The van der Waals surface area contributed by atoms with Gasteiger partial charge in [-0.2, -0.15) is 0 Å². The zero-order chi connectivity index (χ0) is 13.8. The summed E-state index contributed by atoms with van der Waals surface area (Å²) in [6.07, 6.45) is 3.19. The van der Waals surface area contributed by atoms with E-state index in [4.69, 9.17) is 5.73 Å². The minimum Gasteiger partial charge on any atom is -0.394 e. The van der Waals surface area contributed by atoms with Crippen molar-refractivity contribution in [3.8, 4) is 0 Å². The maximum Gasteiger partial charge on any atom is 0.251 e. The predicted molar refractivity (Wildman–Crippen MR) is 66.2 cm³/mol. The van der Waals surface area contributed by atoms with E-state index in [2.05, 4.69) is 10.3 Å². The molecule has 1 aromatic heterocycles. The number of carbonyl (C=O) groups excluding carboxylic acids is 1. The molecule has 0 aliphatic rings. The molecular formula is C13H11F2N3O. The third-order valence-electron chi connectivity index (χ3n) is 2.52. The van der Waals surface area contributed by atoms with E-state index >= 15 is 0 Å². The summed E-state index contributed by atoms with van der Waals surface area (Å²) in [5.41, 5.74) is 5.20. The number of rotatable bonds is 3. The van der Waals surface area contributed by atoms with Crippen molar-refractivity contribution in [1.29, 1.82) is 0 Å². The van der Waals surface area contributed by atoms with Crippen molar-refractivity contribution in [1.82, 2.24) is 10.3 Å². The molecule has 0 saturated carbocycles. The van der Waals surface area contributed by atoms with E-state index in [-0.39, 0.29) is 12.1 Å². The van der Waals surface area contributed by atoms with Crippen LogP contribution in [0.5, 0.6) is 0 Å². The molecule has 1 heterocycles. The van der Waals surface area contributed by atoms with Crippen molar-refractivity contribution in [3.05, 3.63) is 59.4 Å². The number of nitrogens with zero attached hydrogens (tertiary/aromatic N) is 1. The molecule has 0 bridgehead atoms. The highest BCUT2D eigenvalue weighted by atomic mass is 19.1. The fourth-order valence-electron chi connectivity index (χ4n) is 1.50. The molecule has 0 radical (unpaired) electrons. The minimum atomic E-state index is -0.952. The predicted octanol–water partition coefficient (Wildman–Crippen LogP) is 1.87. The number of nitrogens with two attached hydrogens (primary N) is 1. The number of nitrogen functional groups attached to an aromatic ring is 1. The Morgan fingerprint density at radius 1 is 1.32 bits per heavy atom. The Morgan fingerprint density at radius 3 is 2.58 bits per heavy atom. The van der Waals surface area contributed by atoms with Gasteiger partial charge in [0, 0.05) is 24.5 Å². The smallest absolute Gasteiger partial charge is 0.251 e. The lowest BCUT2D eigenvalue weighted by atomic mass is 10.1. The molecular weight excluding hydrogens is 252 g/mol. The number of amides is 1. The molecule has 0 saturated heterocycles. The Balaban J connectivity index is 2.08. The van der Waals surface area contributed by atoms with Crippen LogP contribution in [-0.2, 0) is 6.54 Å². The molecule has 0 atom stereocenters. The maximum atomic E-state index is 13.2. The van der Waals surface area contributed by atoms with Crippen molar-refractivity contribution in [2.24, 2.45) is 0 Å². The SMILES string of the molecule is Nc1c(F)cc(C(=O)NCc2cccnc2)cc1F. The van der Waals surface area contributed by atoms with Crippen LogP contribution in [-0.4, -0.2) is 10.9 Å². The summed E-state index contributed by atoms with van der Waals surface area (Å²) in [5.74, 6) is -2.49. The van der Waals surface area contributed by atoms with Crippen LogP contribution in [0, 0.1) is 11.6 Å². The first-order chi connectivity index (χ1) is 9.08. The summed E-state index contributed by atoms with van der Waals surface area (Å²) in [6.45, 7) is 0.223. The summed E-state index contributed by atoms with van der Waals surface area (Å²) in [6, 6.07) is 5.30. The molecule has 1 aromatic carbocycles. The molecule has 2 rings (SSSR count). The highest BCUT2D eigenvalue weighted by molar-refractivity contribution is 5.94. The van der Waals surface area contributed by atoms with Gasteiger partial charge in [0.1, 0.15) is 17.3 Å². The Bertz CT molecular complexity index is 579. The molecule has 0 aliphatic heterocycles. The van der Waals surface area contributed by atoms with Crippen molar-refractivity contribution >= 4 is 11.6 Å². The molecule has 3 N–H and O–H groups in total. The fraction of sp³-hybridized carbons (Fsp3) is 0.0769. The third-order valence-corrected chi connectivity index (χ3v) is 2.52. The first-order valence-electron chi connectivity index (χ1n) is 5.49. The molecule has 0 fully saturated rings. The van der Waals surface area contributed by atoms with E-state index < -0.39 is 23.2 Å². The van der Waals surface area contributed by atoms with Crippen molar-refractivity contribution in [2.45, 2.75) is 6.54 Å². The highest BCUT2D eigenvalue weighted by Crippen LogP contribution is 2.17. The van der Waals surface area contributed by atoms with Gasteiger partial charge in [0.15, 0.2) is 0 Å². The number of halogens is 2. The van der Waals surface area contributed by atoms with Crippen LogP contribution < -0.4 is 11.1 Å². The van der Waals surface area contributed by atoms with Gasteiger partial charge in [0.25, 0.3) is 5.91 Å². The monoisotopic (exact) mass is 263 g/mol. The summed E-state index contributed by atoms with van der Waals surface area (Å²) in [7, 11) is 0. The van der Waals surface area contributed by atoms with Gasteiger partial charge in [-0.15, -0.1) is 0 Å². The second kappa shape index (κ2) is 5.43. The molecule has 0 aliphatic carbocycles. The summed E-state index contributed by atoms with van der Waals surface area (Å²) < 4.78 is 26.4. The van der Waals surface area contributed by atoms with Gasteiger partial charge >= 0.3 is 0 Å². The van der Waals surface area contributed by atoms with Gasteiger partial charge in [0.05, 0.1) is 0 Å². The molecule has 0 unspecified atom stereocenters. The molecule has 1 amide bonds. The van der Waals surface area contributed by atoms with Crippen molar-refractivity contribution < 1.29 is 13.6 Å². The van der Waals surface area contributed by atoms with Gasteiger partial charge < -0.3 is 11.1 Å². The average molecular weight is 263 g/mol. The number of hydrogen-bond donors (Lipinski definition) is 2. The number of anilines is 1. The van der Waals surface area contributed by atoms with E-state index in [1.165, 1.54) is 0 Å². The zero-order valence-corrected chi connectivity index (χ0v) is 9.86. The second-order valence-corrected chi connectivity index (χ2v) is 3.90. The topological polar surface area (TPSA) is 68.0 Å². The Kier molecular flexibility index (Phi) is 3.70. The standard InChI is InChI=1S/C13H11F2N3O/c14-10-4-9(5-11(15)12(10)16)13(19)18-7-8-2-1-3-17-6-8/h1-6H,7,16H2,(H,18,19). The van der Waals surface area contributed by atoms with E-state index in [9.17, 15) is 13.6 Å². The van der Waals surface area contributed by atoms with Crippen LogP contribution >= 0.6 is 0 Å². The highest BCUT2D eigenvalue weighted by Gasteiger charge is 2.12. The number of pyridine rings is 1. The lowest BCUT2D eigenvalue weighted by Gasteiger charge is -2.06. The number of aromatic nitrogens is 1. The Labute approximate surface area is 108 Å². The zero-order valence-electron chi connectivity index (χ0n) is 9.86. The average Bonchev–Trinajstić information content (AvgIpc) is 2.42. The minimum absolute atomic E-state index is 0.118. The van der Waals surface area contributed by atoms with E-state index in [1.54, 1.807) is 24.5 Å². The quantitative estimate of drug-likeness (QED) is 0.831. The largest absolute Gasteiger partial charge is 0.394 e. The van der Waals surface area contributed by atoms with Crippen LogP contribution in [0.3, 0.4) is 0 Å². The Hall–Kier alpha value is -2.50. The van der Waals surface area contributed by atoms with Gasteiger partial charge in [-0.3, -0.25) is 9.78 Å². The van der Waals surface area contributed by atoms with Crippen LogP contribution in [0.15, 0.2) is 36.7 Å². The fourth-order valence-corrected chi connectivity index (χ4v) is 1.50. The maximum absolute atomic E-state index is 13.2. The van der Waals surface area contributed by atoms with Crippen LogP contribution in [0.1, 0.15) is 15.9 Å². The summed E-state index contributed by atoms with van der Waals surface area (Å²) >= 11 is 0. The van der Waals surface area contributed by atoms with Gasteiger partial charge in [-0.1, -0.05) is 6.07 Å². The van der Waals surface area contributed by atoms with Crippen molar-refractivity contribution in [3.63, 3.8) is 0 Å². The first-order valence-corrected chi connectivity index (χ1v) is 5.49. The molecule has 6 heteroatoms. The lowest BCUT2D eigenvalue weighted by Crippen LogP contribution is -2.23. The normalized spacial score (nSPS) is 10.2. The number of carbonyl (C=O) groups is 1. The lowest BCUT2D eigenvalue weighted by molar-refractivity contribution is 0.0950. The van der Waals surface area contributed by atoms with Gasteiger partial charge in [0.2, 0.25) is 0 Å². The van der Waals surface area contributed by atoms with E-state index in [0.29, 0.717) is 0 Å². The first kappa shape index (κ1) is 12.9. The van der Waals surface area contributed by atoms with Crippen LogP contribution in [0.2, 0.25) is 0 Å². The third kappa shape index (κ3) is 3.04. The van der Waals surface area contributed by atoms with Gasteiger partial charge in [-0.25, -0.2) is 8.78 Å². The number of benzene rings is 1. The van der Waals surface area contributed by atoms with Crippen LogP contribution in [0.25, 0.3) is 0 Å². The van der Waals surface area contributed by atoms with E-state index in [0.717, 1.165) is 17.7 Å². The summed E-state index contributed by atoms with van der Waals surface area (Å²) in [5, 5.41) is 2.54. The van der Waals surface area contributed by atoms with Crippen molar-refractivity contribution in [2.75, 3.05) is 5.73 Å². The second-order valence-electron chi connectivity index (χ2n) is 3.90. The molecule has 98 valence electrons. The Morgan fingerprint density at radius 2 is 2.00 bits per heavy atom. The van der Waals surface area contributed by atoms with Crippen LogP contribution in [0.4, 0.5) is 14.5 Å². The van der Waals surface area contributed by atoms with Gasteiger partial charge in [-0.05, 0) is 23.8 Å².